The minimum absolute atomic E-state index is 0.118. The molecule has 0 bridgehead atoms. The van der Waals surface area contributed by atoms with Gasteiger partial charge in [-0.05, 0) is 26.1 Å². The summed E-state index contributed by atoms with van der Waals surface area (Å²) < 4.78 is 0. The summed E-state index contributed by atoms with van der Waals surface area (Å²) in [6, 6.07) is 1.61. The average molecular weight is 216 g/mol. The third-order valence-electron chi connectivity index (χ3n) is 1.78. The molecule has 1 heterocycles. The molecule has 0 saturated carbocycles. The first-order valence-corrected chi connectivity index (χ1v) is 4.88. The molecular weight excluding hydrogens is 202 g/mol. The second-order valence-corrected chi connectivity index (χ2v) is 3.38. The molecular formula is C9H14ClN3O. The van der Waals surface area contributed by atoms with Crippen LogP contribution in [-0.2, 0) is 0 Å². The molecule has 0 fully saturated rings. The first-order valence-electron chi connectivity index (χ1n) is 4.50. The maximum Gasteiger partial charge on any atom is 0.267 e. The first kappa shape index (κ1) is 11.1. The highest BCUT2D eigenvalue weighted by Gasteiger charge is 2.06. The fraction of sp³-hybridized carbons (Fsp3) is 0.444. The predicted octanol–water partition coefficient (Wildman–Crippen LogP) is 1.01. The topological polar surface area (TPSA) is 56.9 Å². The summed E-state index contributed by atoms with van der Waals surface area (Å²) in [5, 5.41) is 6.33. The molecule has 0 aromatic carbocycles. The van der Waals surface area contributed by atoms with Crippen molar-refractivity contribution in [2.24, 2.45) is 0 Å². The van der Waals surface area contributed by atoms with Crippen LogP contribution in [0.1, 0.15) is 16.9 Å². The van der Waals surface area contributed by atoms with E-state index in [2.05, 4.69) is 15.6 Å². The number of H-pyrrole nitrogens is 1. The zero-order valence-corrected chi connectivity index (χ0v) is 8.82. The van der Waals surface area contributed by atoms with E-state index in [1.807, 2.05) is 7.05 Å². The molecule has 78 valence electrons. The van der Waals surface area contributed by atoms with Gasteiger partial charge in [0, 0.05) is 12.7 Å². The molecule has 0 atom stereocenters. The smallest absolute Gasteiger partial charge is 0.267 e. The maximum absolute atomic E-state index is 11.4. The van der Waals surface area contributed by atoms with Gasteiger partial charge < -0.3 is 15.6 Å². The number of amides is 1. The Morgan fingerprint density at radius 3 is 2.93 bits per heavy atom. The Balaban J connectivity index is 2.29. The number of carbonyl (C=O) groups excluding carboxylic acids is 1. The molecule has 0 spiro atoms. The lowest BCUT2D eigenvalue weighted by molar-refractivity contribution is 0.0949. The van der Waals surface area contributed by atoms with Crippen LogP contribution in [0.2, 0.25) is 5.02 Å². The van der Waals surface area contributed by atoms with Crippen LogP contribution in [0.4, 0.5) is 0 Å². The summed E-state index contributed by atoms with van der Waals surface area (Å²) in [5.41, 5.74) is 0.499. The third kappa shape index (κ3) is 3.40. The number of hydrogen-bond donors (Lipinski definition) is 3. The van der Waals surface area contributed by atoms with Gasteiger partial charge in [0.1, 0.15) is 5.69 Å². The van der Waals surface area contributed by atoms with E-state index in [4.69, 9.17) is 11.6 Å². The van der Waals surface area contributed by atoms with Crippen molar-refractivity contribution in [2.45, 2.75) is 6.42 Å². The van der Waals surface area contributed by atoms with Crippen LogP contribution in [0.25, 0.3) is 0 Å². The SMILES string of the molecule is CNCCCNC(=O)c1cc(Cl)c[nH]1. The van der Waals surface area contributed by atoms with Crippen molar-refractivity contribution in [3.8, 4) is 0 Å². The molecule has 0 aliphatic heterocycles. The molecule has 14 heavy (non-hydrogen) atoms. The van der Waals surface area contributed by atoms with Gasteiger partial charge in [-0.25, -0.2) is 0 Å². The van der Waals surface area contributed by atoms with E-state index in [1.165, 1.54) is 0 Å². The molecule has 1 aromatic rings. The number of aromatic nitrogens is 1. The molecule has 0 aliphatic carbocycles. The zero-order chi connectivity index (χ0) is 10.4. The molecule has 4 nitrogen and oxygen atoms in total. The number of halogens is 1. The molecule has 0 aliphatic rings. The summed E-state index contributed by atoms with van der Waals surface area (Å²) in [5.74, 6) is -0.118. The first-order chi connectivity index (χ1) is 6.74. The quantitative estimate of drug-likeness (QED) is 0.642. The lowest BCUT2D eigenvalue weighted by atomic mass is 10.3. The van der Waals surface area contributed by atoms with Gasteiger partial charge in [-0.15, -0.1) is 0 Å². The molecule has 1 rings (SSSR count). The summed E-state index contributed by atoms with van der Waals surface area (Å²) in [4.78, 5) is 14.2. The highest BCUT2D eigenvalue weighted by molar-refractivity contribution is 6.30. The minimum Gasteiger partial charge on any atom is -0.356 e. The Bertz CT molecular complexity index is 298. The molecule has 1 aromatic heterocycles. The summed E-state index contributed by atoms with van der Waals surface area (Å²) in [6.07, 6.45) is 2.50. The van der Waals surface area contributed by atoms with E-state index in [0.29, 0.717) is 17.3 Å². The predicted molar refractivity (Wildman–Crippen MR) is 56.7 cm³/mol. The van der Waals surface area contributed by atoms with Gasteiger partial charge in [-0.1, -0.05) is 11.6 Å². The van der Waals surface area contributed by atoms with Crippen LogP contribution in [-0.4, -0.2) is 31.0 Å². The molecule has 0 radical (unpaired) electrons. The Morgan fingerprint density at radius 2 is 2.36 bits per heavy atom. The highest BCUT2D eigenvalue weighted by atomic mass is 35.5. The van der Waals surface area contributed by atoms with Crippen molar-refractivity contribution in [3.63, 3.8) is 0 Å². The van der Waals surface area contributed by atoms with E-state index < -0.39 is 0 Å². The lowest BCUT2D eigenvalue weighted by Crippen LogP contribution is -2.26. The van der Waals surface area contributed by atoms with Crippen LogP contribution in [0, 0.1) is 0 Å². The third-order valence-corrected chi connectivity index (χ3v) is 2.00. The number of hydrogen-bond acceptors (Lipinski definition) is 2. The van der Waals surface area contributed by atoms with E-state index >= 15 is 0 Å². The fourth-order valence-corrected chi connectivity index (χ4v) is 1.22. The normalized spacial score (nSPS) is 10.1. The standard InChI is InChI=1S/C9H14ClN3O/c1-11-3-2-4-12-9(14)8-5-7(10)6-13-8/h5-6,11,13H,2-4H2,1H3,(H,12,14). The molecule has 3 N–H and O–H groups in total. The van der Waals surface area contributed by atoms with Crippen LogP contribution >= 0.6 is 11.6 Å². The number of carbonyl (C=O) groups is 1. The van der Waals surface area contributed by atoms with Crippen molar-refractivity contribution < 1.29 is 4.79 Å². The van der Waals surface area contributed by atoms with Gasteiger partial charge in [0.2, 0.25) is 0 Å². The number of nitrogens with one attached hydrogen (secondary N) is 3. The largest absolute Gasteiger partial charge is 0.356 e. The number of rotatable bonds is 5. The lowest BCUT2D eigenvalue weighted by Gasteiger charge is -2.02. The van der Waals surface area contributed by atoms with Gasteiger partial charge >= 0.3 is 0 Å². The van der Waals surface area contributed by atoms with Crippen molar-refractivity contribution in [1.29, 1.82) is 0 Å². The van der Waals surface area contributed by atoms with Crippen molar-refractivity contribution >= 4 is 17.5 Å². The average Bonchev–Trinajstić information content (AvgIpc) is 2.59. The van der Waals surface area contributed by atoms with E-state index in [-0.39, 0.29) is 5.91 Å². The molecule has 1 amide bonds. The van der Waals surface area contributed by atoms with Gasteiger partial charge in [0.15, 0.2) is 0 Å². The Labute approximate surface area is 88.0 Å². The van der Waals surface area contributed by atoms with Crippen LogP contribution in [0.5, 0.6) is 0 Å². The zero-order valence-electron chi connectivity index (χ0n) is 8.06. The van der Waals surface area contributed by atoms with Gasteiger partial charge in [-0.2, -0.15) is 0 Å². The van der Waals surface area contributed by atoms with Crippen LogP contribution in [0.15, 0.2) is 12.3 Å². The second kappa shape index (κ2) is 5.67. The number of aromatic amines is 1. The molecule has 0 saturated heterocycles. The van der Waals surface area contributed by atoms with Crippen LogP contribution in [0.3, 0.4) is 0 Å². The monoisotopic (exact) mass is 215 g/mol. The second-order valence-electron chi connectivity index (χ2n) is 2.94. The Hall–Kier alpha value is -1.00. The molecule has 0 unspecified atom stereocenters. The maximum atomic E-state index is 11.4. The van der Waals surface area contributed by atoms with Crippen molar-refractivity contribution in [2.75, 3.05) is 20.1 Å². The summed E-state index contributed by atoms with van der Waals surface area (Å²) in [6.45, 7) is 1.56. The van der Waals surface area contributed by atoms with Gasteiger partial charge in [-0.3, -0.25) is 4.79 Å². The van der Waals surface area contributed by atoms with Crippen molar-refractivity contribution in [1.82, 2.24) is 15.6 Å². The fourth-order valence-electron chi connectivity index (χ4n) is 1.06. The summed E-state index contributed by atoms with van der Waals surface area (Å²) in [7, 11) is 1.88. The highest BCUT2D eigenvalue weighted by Crippen LogP contribution is 2.08. The van der Waals surface area contributed by atoms with E-state index in [1.54, 1.807) is 12.3 Å². The van der Waals surface area contributed by atoms with E-state index in [0.717, 1.165) is 13.0 Å². The minimum atomic E-state index is -0.118. The van der Waals surface area contributed by atoms with Crippen molar-refractivity contribution in [3.05, 3.63) is 23.0 Å². The van der Waals surface area contributed by atoms with Gasteiger partial charge in [0.25, 0.3) is 5.91 Å². The molecule has 5 heteroatoms. The van der Waals surface area contributed by atoms with Crippen LogP contribution < -0.4 is 10.6 Å². The Morgan fingerprint density at radius 1 is 1.57 bits per heavy atom. The van der Waals surface area contributed by atoms with E-state index in [9.17, 15) is 4.79 Å². The van der Waals surface area contributed by atoms with Gasteiger partial charge in [0.05, 0.1) is 5.02 Å². The summed E-state index contributed by atoms with van der Waals surface area (Å²) >= 11 is 5.67. The Kier molecular flexibility index (Phi) is 4.49.